The van der Waals surface area contributed by atoms with Crippen molar-refractivity contribution in [1.29, 1.82) is 0 Å². The molecule has 0 bridgehead atoms. The van der Waals surface area contributed by atoms with Crippen molar-refractivity contribution < 1.29 is 19.4 Å². The fourth-order valence-corrected chi connectivity index (χ4v) is 3.63. The Kier molecular flexibility index (Phi) is 8.07. The molecule has 0 radical (unpaired) electrons. The minimum atomic E-state index is -0.370. The lowest BCUT2D eigenvalue weighted by atomic mass is 10.00. The Labute approximate surface area is 195 Å². The third kappa shape index (κ3) is 6.11. The van der Waals surface area contributed by atoms with Crippen LogP contribution in [0.5, 0.6) is 5.88 Å². The number of benzene rings is 1. The molecule has 174 valence electrons. The number of aromatic nitrogens is 1. The zero-order valence-corrected chi connectivity index (χ0v) is 19.6. The molecule has 0 spiro atoms. The average molecular weight is 450 g/mol. The summed E-state index contributed by atoms with van der Waals surface area (Å²) in [7, 11) is 1.72. The number of hydrogen-bond donors (Lipinski definition) is 1. The number of hydrogen-bond acceptors (Lipinski definition) is 5. The first kappa shape index (κ1) is 24.3. The van der Waals surface area contributed by atoms with E-state index in [4.69, 9.17) is 4.74 Å². The van der Waals surface area contributed by atoms with Crippen LogP contribution in [-0.4, -0.2) is 70.6 Å². The standard InChI is InChI=1S/C26H31N3O4/c1-18-15-29(19(2)17-30)26(32)23-13-22(12-8-11-21-9-6-5-7-10-21)14-27-25(23)33-24(18)16-28(4)20(3)31/h5-7,9-10,13-14,18-19,24,30H,11,15-17H2,1-4H3/t18-,19-,24+/m1/s1. The fourth-order valence-electron chi connectivity index (χ4n) is 3.63. The van der Waals surface area contributed by atoms with Gasteiger partial charge < -0.3 is 19.6 Å². The van der Waals surface area contributed by atoms with E-state index in [-0.39, 0.29) is 42.4 Å². The van der Waals surface area contributed by atoms with Gasteiger partial charge in [-0.05, 0) is 18.6 Å². The predicted molar refractivity (Wildman–Crippen MR) is 126 cm³/mol. The van der Waals surface area contributed by atoms with E-state index >= 15 is 0 Å². The summed E-state index contributed by atoms with van der Waals surface area (Å²) < 4.78 is 6.17. The first-order chi connectivity index (χ1) is 15.8. The summed E-state index contributed by atoms with van der Waals surface area (Å²) in [6, 6.07) is 11.3. The zero-order chi connectivity index (χ0) is 24.0. The number of carbonyl (C=O) groups excluding carboxylic acids is 2. The van der Waals surface area contributed by atoms with Gasteiger partial charge in [-0.15, -0.1) is 0 Å². The number of ether oxygens (including phenoxy) is 1. The normalized spacial score (nSPS) is 18.7. The molecule has 0 aliphatic carbocycles. The Balaban J connectivity index is 1.94. The number of aliphatic hydroxyl groups excluding tert-OH is 1. The molecule has 1 aromatic heterocycles. The number of rotatable bonds is 5. The molecule has 33 heavy (non-hydrogen) atoms. The number of pyridine rings is 1. The summed E-state index contributed by atoms with van der Waals surface area (Å²) in [4.78, 5) is 32.8. The van der Waals surface area contributed by atoms with Crippen molar-refractivity contribution in [2.45, 2.75) is 39.3 Å². The van der Waals surface area contributed by atoms with Crippen molar-refractivity contribution in [3.63, 3.8) is 0 Å². The second-order valence-corrected chi connectivity index (χ2v) is 8.56. The van der Waals surface area contributed by atoms with E-state index in [2.05, 4.69) is 16.8 Å². The van der Waals surface area contributed by atoms with Gasteiger partial charge in [-0.3, -0.25) is 9.59 Å². The van der Waals surface area contributed by atoms with Crippen LogP contribution in [0, 0.1) is 17.8 Å². The lowest BCUT2D eigenvalue weighted by molar-refractivity contribution is -0.129. The molecule has 0 fully saturated rings. The summed E-state index contributed by atoms with van der Waals surface area (Å²) >= 11 is 0. The lowest BCUT2D eigenvalue weighted by Gasteiger charge is -2.37. The molecule has 3 atom stereocenters. The molecule has 1 aliphatic heterocycles. The largest absolute Gasteiger partial charge is 0.472 e. The van der Waals surface area contributed by atoms with E-state index in [0.29, 0.717) is 30.6 Å². The number of amides is 2. The van der Waals surface area contributed by atoms with E-state index in [1.165, 1.54) is 6.92 Å². The minimum absolute atomic E-state index is 0.0678. The van der Waals surface area contributed by atoms with Crippen LogP contribution in [0.15, 0.2) is 42.6 Å². The van der Waals surface area contributed by atoms with Crippen LogP contribution in [0.1, 0.15) is 42.3 Å². The quantitative estimate of drug-likeness (QED) is 0.709. The van der Waals surface area contributed by atoms with Gasteiger partial charge in [0.05, 0.1) is 19.2 Å². The van der Waals surface area contributed by atoms with Gasteiger partial charge in [0.15, 0.2) is 0 Å². The molecule has 1 aliphatic rings. The van der Waals surface area contributed by atoms with E-state index in [0.717, 1.165) is 5.56 Å². The molecule has 2 heterocycles. The van der Waals surface area contributed by atoms with Crippen LogP contribution in [-0.2, 0) is 11.2 Å². The Bertz CT molecular complexity index is 1040. The second-order valence-electron chi connectivity index (χ2n) is 8.56. The third-order valence-electron chi connectivity index (χ3n) is 5.88. The van der Waals surface area contributed by atoms with Gasteiger partial charge in [0, 0.05) is 44.6 Å². The van der Waals surface area contributed by atoms with Crippen molar-refractivity contribution in [3.8, 4) is 17.7 Å². The Morgan fingerprint density at radius 3 is 2.76 bits per heavy atom. The molecule has 0 saturated carbocycles. The minimum Gasteiger partial charge on any atom is -0.472 e. The SMILES string of the molecule is CC(=O)N(C)C[C@@H]1Oc2ncc(C#CCc3ccccc3)cc2C(=O)N([C@H](C)CO)C[C@H]1C. The average Bonchev–Trinajstić information content (AvgIpc) is 2.81. The molecule has 3 rings (SSSR count). The van der Waals surface area contributed by atoms with Crippen molar-refractivity contribution in [2.75, 3.05) is 26.7 Å². The monoisotopic (exact) mass is 449 g/mol. The topological polar surface area (TPSA) is 83.0 Å². The lowest BCUT2D eigenvalue weighted by Crippen LogP contribution is -2.50. The second kappa shape index (κ2) is 11.0. The van der Waals surface area contributed by atoms with Crippen LogP contribution in [0.25, 0.3) is 0 Å². The highest BCUT2D eigenvalue weighted by atomic mass is 16.5. The van der Waals surface area contributed by atoms with Crippen LogP contribution in [0.4, 0.5) is 0 Å². The molecule has 7 heteroatoms. The smallest absolute Gasteiger partial charge is 0.259 e. The molecule has 0 saturated heterocycles. The van der Waals surface area contributed by atoms with Crippen molar-refractivity contribution in [2.24, 2.45) is 5.92 Å². The molecule has 2 aromatic rings. The van der Waals surface area contributed by atoms with Crippen LogP contribution in [0.2, 0.25) is 0 Å². The van der Waals surface area contributed by atoms with E-state index in [1.54, 1.807) is 36.0 Å². The molecule has 2 amide bonds. The van der Waals surface area contributed by atoms with Gasteiger partial charge in [0.2, 0.25) is 11.8 Å². The number of likely N-dealkylation sites (N-methyl/N-ethyl adjacent to an activating group) is 1. The summed E-state index contributed by atoms with van der Waals surface area (Å²) in [6.07, 6.45) is 1.83. The van der Waals surface area contributed by atoms with Gasteiger partial charge in [-0.2, -0.15) is 0 Å². The summed E-state index contributed by atoms with van der Waals surface area (Å²) in [6.45, 7) is 5.88. The molecular weight excluding hydrogens is 418 g/mol. The predicted octanol–water partition coefficient (Wildman–Crippen LogP) is 2.37. The number of fused-ring (bicyclic) bond motifs is 1. The molecule has 1 N–H and O–H groups in total. The summed E-state index contributed by atoms with van der Waals surface area (Å²) in [5.74, 6) is 6.03. The maximum atomic E-state index is 13.4. The first-order valence-electron chi connectivity index (χ1n) is 11.1. The third-order valence-corrected chi connectivity index (χ3v) is 5.88. The van der Waals surface area contributed by atoms with E-state index in [1.807, 2.05) is 37.3 Å². The van der Waals surface area contributed by atoms with Gasteiger partial charge in [-0.1, -0.05) is 49.1 Å². The van der Waals surface area contributed by atoms with E-state index < -0.39 is 0 Å². The maximum absolute atomic E-state index is 13.4. The number of aliphatic hydroxyl groups is 1. The molecule has 1 aromatic carbocycles. The molecule has 0 unspecified atom stereocenters. The Morgan fingerprint density at radius 2 is 2.09 bits per heavy atom. The van der Waals surface area contributed by atoms with Crippen LogP contribution < -0.4 is 4.74 Å². The van der Waals surface area contributed by atoms with Crippen LogP contribution >= 0.6 is 0 Å². The summed E-state index contributed by atoms with van der Waals surface area (Å²) in [5.41, 5.74) is 2.03. The highest BCUT2D eigenvalue weighted by molar-refractivity contribution is 5.97. The highest BCUT2D eigenvalue weighted by Crippen LogP contribution is 2.27. The number of carbonyl (C=O) groups is 2. The highest BCUT2D eigenvalue weighted by Gasteiger charge is 2.34. The van der Waals surface area contributed by atoms with Crippen molar-refractivity contribution in [3.05, 3.63) is 59.3 Å². The Hall–Kier alpha value is -3.37. The molecule has 7 nitrogen and oxygen atoms in total. The van der Waals surface area contributed by atoms with Crippen molar-refractivity contribution >= 4 is 11.8 Å². The number of nitrogens with zero attached hydrogens (tertiary/aromatic N) is 3. The molecular formula is C26H31N3O4. The van der Waals surface area contributed by atoms with Crippen LogP contribution in [0.3, 0.4) is 0 Å². The van der Waals surface area contributed by atoms with Gasteiger partial charge in [0.1, 0.15) is 11.7 Å². The maximum Gasteiger partial charge on any atom is 0.259 e. The fraction of sp³-hybridized carbons (Fsp3) is 0.423. The zero-order valence-electron chi connectivity index (χ0n) is 19.6. The summed E-state index contributed by atoms with van der Waals surface area (Å²) in [5, 5.41) is 9.75. The van der Waals surface area contributed by atoms with Gasteiger partial charge >= 0.3 is 0 Å². The first-order valence-corrected chi connectivity index (χ1v) is 11.1. The van der Waals surface area contributed by atoms with Crippen molar-refractivity contribution in [1.82, 2.24) is 14.8 Å². The van der Waals surface area contributed by atoms with Gasteiger partial charge in [0.25, 0.3) is 5.91 Å². The van der Waals surface area contributed by atoms with Gasteiger partial charge in [-0.25, -0.2) is 4.98 Å². The van der Waals surface area contributed by atoms with E-state index in [9.17, 15) is 14.7 Å². The Morgan fingerprint density at radius 1 is 1.36 bits per heavy atom.